The largest absolute Gasteiger partial charge is 0.327 e. The minimum atomic E-state index is -0.0691. The zero-order valence-electron chi connectivity index (χ0n) is 8.04. The van der Waals surface area contributed by atoms with Crippen molar-refractivity contribution in [3.8, 4) is 0 Å². The van der Waals surface area contributed by atoms with Crippen LogP contribution in [0.5, 0.6) is 0 Å². The predicted molar refractivity (Wildman–Crippen MR) is 56.4 cm³/mol. The molecule has 3 N–H and O–H groups in total. The molecule has 1 aromatic rings. The number of rotatable bonds is 1. The highest BCUT2D eigenvalue weighted by molar-refractivity contribution is 7.15. The number of hydrogen-bond donors (Lipinski definition) is 2. The van der Waals surface area contributed by atoms with E-state index >= 15 is 0 Å². The minimum absolute atomic E-state index is 0.0691. The summed E-state index contributed by atoms with van der Waals surface area (Å²) in [5.74, 6) is -0.0691. The van der Waals surface area contributed by atoms with Gasteiger partial charge in [0.2, 0.25) is 5.91 Å². The number of nitrogens with two attached hydrogens (primary N) is 1. The van der Waals surface area contributed by atoms with Gasteiger partial charge in [0.05, 0.1) is 5.69 Å². The van der Waals surface area contributed by atoms with Crippen molar-refractivity contribution in [3.63, 3.8) is 0 Å². The van der Waals surface area contributed by atoms with Crippen LogP contribution in [0.2, 0.25) is 0 Å². The van der Waals surface area contributed by atoms with Gasteiger partial charge >= 0.3 is 0 Å². The van der Waals surface area contributed by atoms with Crippen LogP contribution >= 0.6 is 11.3 Å². The van der Waals surface area contributed by atoms with E-state index in [1.165, 1.54) is 11.8 Å². The molecule has 0 fully saturated rings. The van der Waals surface area contributed by atoms with Crippen LogP contribution < -0.4 is 11.1 Å². The minimum Gasteiger partial charge on any atom is -0.327 e. The fraction of sp³-hybridized carbons (Fsp3) is 0.556. The lowest BCUT2D eigenvalue weighted by atomic mass is 9.99. The van der Waals surface area contributed by atoms with E-state index in [2.05, 4.69) is 10.3 Å². The number of carbonyl (C=O) groups is 1. The zero-order chi connectivity index (χ0) is 10.1. The van der Waals surface area contributed by atoms with Gasteiger partial charge < -0.3 is 11.1 Å². The third-order valence-electron chi connectivity index (χ3n) is 2.26. The van der Waals surface area contributed by atoms with Crippen molar-refractivity contribution in [2.24, 2.45) is 5.73 Å². The summed E-state index contributed by atoms with van der Waals surface area (Å²) in [7, 11) is 0. The molecule has 1 amide bonds. The Hall–Kier alpha value is -0.940. The third-order valence-corrected chi connectivity index (χ3v) is 3.30. The summed E-state index contributed by atoms with van der Waals surface area (Å²) in [5.41, 5.74) is 6.96. The molecule has 0 spiro atoms. The Morgan fingerprint density at radius 1 is 1.71 bits per heavy atom. The lowest BCUT2D eigenvalue weighted by molar-refractivity contribution is -0.114. The van der Waals surface area contributed by atoms with Crippen LogP contribution in [0, 0.1) is 0 Å². The van der Waals surface area contributed by atoms with Gasteiger partial charge in [0.1, 0.15) is 0 Å². The van der Waals surface area contributed by atoms with Crippen molar-refractivity contribution in [1.29, 1.82) is 0 Å². The second-order valence-electron chi connectivity index (χ2n) is 3.57. The zero-order valence-corrected chi connectivity index (χ0v) is 8.86. The molecule has 1 heterocycles. The normalized spacial score (nSPS) is 20.3. The molecule has 0 radical (unpaired) electrons. The number of hydrogen-bond acceptors (Lipinski definition) is 4. The number of anilines is 1. The highest BCUT2D eigenvalue weighted by Crippen LogP contribution is 2.29. The molecule has 1 unspecified atom stereocenters. The maximum Gasteiger partial charge on any atom is 0.223 e. The fourth-order valence-electron chi connectivity index (χ4n) is 1.60. The van der Waals surface area contributed by atoms with Gasteiger partial charge in [-0.3, -0.25) is 4.79 Å². The Kier molecular flexibility index (Phi) is 2.52. The SMILES string of the molecule is CC(=O)Nc1nc2c(s1)CC(N)CC2. The second kappa shape index (κ2) is 3.67. The number of thiazole rings is 1. The monoisotopic (exact) mass is 211 g/mol. The van der Waals surface area contributed by atoms with Crippen LogP contribution in [0.15, 0.2) is 0 Å². The first-order valence-corrected chi connectivity index (χ1v) is 5.48. The van der Waals surface area contributed by atoms with Crippen molar-refractivity contribution >= 4 is 22.4 Å². The Bertz CT molecular complexity index is 361. The Morgan fingerprint density at radius 3 is 3.21 bits per heavy atom. The molecule has 1 aliphatic carbocycles. The van der Waals surface area contributed by atoms with Crippen LogP contribution in [0.1, 0.15) is 23.9 Å². The number of amides is 1. The third kappa shape index (κ3) is 1.93. The number of aryl methyl sites for hydroxylation is 1. The smallest absolute Gasteiger partial charge is 0.223 e. The number of carbonyl (C=O) groups excluding carboxylic acids is 1. The molecule has 1 aliphatic rings. The van der Waals surface area contributed by atoms with Crippen molar-refractivity contribution in [2.75, 3.05) is 5.32 Å². The lowest BCUT2D eigenvalue weighted by Gasteiger charge is -2.15. The molecule has 4 nitrogen and oxygen atoms in total. The second-order valence-corrected chi connectivity index (χ2v) is 4.66. The van der Waals surface area contributed by atoms with E-state index in [9.17, 15) is 4.79 Å². The van der Waals surface area contributed by atoms with E-state index in [0.29, 0.717) is 5.13 Å². The molecule has 2 rings (SSSR count). The van der Waals surface area contributed by atoms with Gasteiger partial charge in [-0.25, -0.2) is 4.98 Å². The number of fused-ring (bicyclic) bond motifs is 1. The summed E-state index contributed by atoms with van der Waals surface area (Å²) < 4.78 is 0. The maximum atomic E-state index is 10.8. The van der Waals surface area contributed by atoms with Crippen LogP contribution in [0.3, 0.4) is 0 Å². The first kappa shape index (κ1) is 9.61. The quantitative estimate of drug-likeness (QED) is 0.725. The topological polar surface area (TPSA) is 68.0 Å². The number of nitrogens with one attached hydrogen (secondary N) is 1. The predicted octanol–water partition coefficient (Wildman–Crippen LogP) is 0.917. The van der Waals surface area contributed by atoms with Gasteiger partial charge in [0, 0.05) is 17.8 Å². The molecule has 0 saturated heterocycles. The molecular weight excluding hydrogens is 198 g/mol. The van der Waals surface area contributed by atoms with Gasteiger partial charge in [-0.2, -0.15) is 0 Å². The van der Waals surface area contributed by atoms with E-state index in [4.69, 9.17) is 5.73 Å². The van der Waals surface area contributed by atoms with Crippen molar-refractivity contribution in [3.05, 3.63) is 10.6 Å². The van der Waals surface area contributed by atoms with Crippen molar-refractivity contribution in [1.82, 2.24) is 4.98 Å². The summed E-state index contributed by atoms with van der Waals surface area (Å²) in [4.78, 5) is 16.4. The average Bonchev–Trinajstić information content (AvgIpc) is 2.44. The standard InChI is InChI=1S/C9H13N3OS/c1-5(13)11-9-12-7-3-2-6(10)4-8(7)14-9/h6H,2-4,10H2,1H3,(H,11,12,13). The van der Waals surface area contributed by atoms with E-state index in [0.717, 1.165) is 25.0 Å². The molecule has 0 saturated carbocycles. The highest BCUT2D eigenvalue weighted by Gasteiger charge is 2.20. The van der Waals surface area contributed by atoms with Gasteiger partial charge in [-0.05, 0) is 19.3 Å². The number of aromatic nitrogens is 1. The van der Waals surface area contributed by atoms with Crippen molar-refractivity contribution in [2.45, 2.75) is 32.2 Å². The summed E-state index contributed by atoms with van der Waals surface area (Å²) in [6, 6.07) is 0.258. The first-order valence-electron chi connectivity index (χ1n) is 4.67. The Morgan fingerprint density at radius 2 is 2.50 bits per heavy atom. The van der Waals surface area contributed by atoms with Gasteiger partial charge in [0.15, 0.2) is 5.13 Å². The van der Waals surface area contributed by atoms with E-state index in [-0.39, 0.29) is 11.9 Å². The molecule has 0 aromatic carbocycles. The Balaban J connectivity index is 2.19. The summed E-state index contributed by atoms with van der Waals surface area (Å²) in [5, 5.41) is 3.41. The molecule has 14 heavy (non-hydrogen) atoms. The molecule has 1 atom stereocenters. The molecule has 5 heteroatoms. The highest BCUT2D eigenvalue weighted by atomic mass is 32.1. The lowest BCUT2D eigenvalue weighted by Crippen LogP contribution is -2.26. The van der Waals surface area contributed by atoms with Gasteiger partial charge in [0.25, 0.3) is 0 Å². The van der Waals surface area contributed by atoms with Crippen LogP contribution in [0.25, 0.3) is 0 Å². The number of nitrogens with zero attached hydrogens (tertiary/aromatic N) is 1. The molecule has 76 valence electrons. The molecule has 0 aliphatic heterocycles. The Labute approximate surface area is 86.5 Å². The summed E-state index contributed by atoms with van der Waals surface area (Å²) in [6.07, 6.45) is 2.83. The van der Waals surface area contributed by atoms with Crippen LogP contribution in [-0.2, 0) is 17.6 Å². The average molecular weight is 211 g/mol. The van der Waals surface area contributed by atoms with Crippen LogP contribution in [0.4, 0.5) is 5.13 Å². The molecular formula is C9H13N3OS. The van der Waals surface area contributed by atoms with E-state index < -0.39 is 0 Å². The molecule has 0 bridgehead atoms. The summed E-state index contributed by atoms with van der Waals surface area (Å²) >= 11 is 1.54. The molecule has 1 aromatic heterocycles. The van der Waals surface area contributed by atoms with Gasteiger partial charge in [-0.1, -0.05) is 0 Å². The van der Waals surface area contributed by atoms with Crippen LogP contribution in [-0.4, -0.2) is 16.9 Å². The van der Waals surface area contributed by atoms with Crippen molar-refractivity contribution < 1.29 is 4.79 Å². The van der Waals surface area contributed by atoms with E-state index in [1.54, 1.807) is 11.3 Å². The fourth-order valence-corrected chi connectivity index (χ4v) is 2.75. The summed E-state index contributed by atoms with van der Waals surface area (Å²) in [6.45, 7) is 1.49. The maximum absolute atomic E-state index is 10.8. The van der Waals surface area contributed by atoms with E-state index in [1.807, 2.05) is 0 Å². The van der Waals surface area contributed by atoms with Gasteiger partial charge in [-0.15, -0.1) is 11.3 Å². The first-order chi connectivity index (χ1) is 6.65.